The van der Waals surface area contributed by atoms with Crippen LogP contribution in [0.25, 0.3) is 0 Å². The molecule has 4 heterocycles. The fourth-order valence-corrected chi connectivity index (χ4v) is 7.43. The second kappa shape index (κ2) is 5.37. The summed E-state index contributed by atoms with van der Waals surface area (Å²) in [6.07, 6.45) is 7.60. The van der Waals surface area contributed by atoms with Gasteiger partial charge in [-0.15, -0.1) is 0 Å². The second-order valence-electron chi connectivity index (χ2n) is 9.16. The second-order valence-corrected chi connectivity index (χ2v) is 9.16. The average molecular weight is 374 g/mol. The Balaban J connectivity index is 1.47. The lowest BCUT2D eigenvalue weighted by Crippen LogP contribution is -2.66. The summed E-state index contributed by atoms with van der Waals surface area (Å²) in [6, 6.07) is 1.98. The zero-order valence-corrected chi connectivity index (χ0v) is 15.8. The summed E-state index contributed by atoms with van der Waals surface area (Å²) in [5, 5.41) is 0. The molecule has 0 radical (unpaired) electrons. The first kappa shape index (κ1) is 16.6. The molecule has 0 N–H and O–H groups in total. The highest BCUT2D eigenvalue weighted by atomic mass is 16.8. The van der Waals surface area contributed by atoms with Crippen molar-refractivity contribution in [1.82, 2.24) is 0 Å². The predicted molar refractivity (Wildman–Crippen MR) is 92.2 cm³/mol. The molecule has 0 unspecified atom stereocenters. The summed E-state index contributed by atoms with van der Waals surface area (Å²) in [4.78, 5) is 12.8. The van der Waals surface area contributed by atoms with Gasteiger partial charge in [0.1, 0.15) is 0 Å². The monoisotopic (exact) mass is 374 g/mol. The van der Waals surface area contributed by atoms with Crippen molar-refractivity contribution in [3.8, 4) is 0 Å². The van der Waals surface area contributed by atoms with Gasteiger partial charge in [0.25, 0.3) is 0 Å². The number of furan rings is 1. The third-order valence-electron chi connectivity index (χ3n) is 8.54. The minimum Gasteiger partial charge on any atom is -0.472 e. The third-order valence-corrected chi connectivity index (χ3v) is 8.54. The fraction of sp³-hybridized carbons (Fsp3) is 0.762. The lowest BCUT2D eigenvalue weighted by Gasteiger charge is -2.63. The van der Waals surface area contributed by atoms with Gasteiger partial charge in [0.05, 0.1) is 37.8 Å². The van der Waals surface area contributed by atoms with Gasteiger partial charge in [-0.3, -0.25) is 4.79 Å². The number of hydrogen-bond acceptors (Lipinski definition) is 6. The summed E-state index contributed by atoms with van der Waals surface area (Å²) in [7, 11) is 1.49. The SMILES string of the molecule is COC(=O)[C@@H]1[C@H]2CC[C@@H]3[C@]45C[C@@H](c6ccoc6)O[C@@H]4O[C@H](O2)[C@@]31CC[C@H]5C. The maximum atomic E-state index is 12.8. The minimum absolute atomic E-state index is 0.0283. The van der Waals surface area contributed by atoms with Crippen LogP contribution in [-0.2, 0) is 23.7 Å². The first-order valence-corrected chi connectivity index (χ1v) is 10.2. The molecule has 3 aliphatic heterocycles. The van der Waals surface area contributed by atoms with Crippen molar-refractivity contribution in [2.24, 2.45) is 28.6 Å². The molecule has 2 aliphatic carbocycles. The van der Waals surface area contributed by atoms with Gasteiger partial charge in [-0.2, -0.15) is 0 Å². The molecule has 27 heavy (non-hydrogen) atoms. The van der Waals surface area contributed by atoms with Gasteiger partial charge in [0.15, 0.2) is 12.6 Å². The van der Waals surface area contributed by atoms with Crippen LogP contribution in [0.2, 0.25) is 0 Å². The van der Waals surface area contributed by atoms with Crippen molar-refractivity contribution >= 4 is 5.97 Å². The Morgan fingerprint density at radius 3 is 2.78 bits per heavy atom. The Kier molecular flexibility index (Phi) is 3.29. The van der Waals surface area contributed by atoms with Crippen molar-refractivity contribution in [3.63, 3.8) is 0 Å². The molecule has 0 aromatic carbocycles. The van der Waals surface area contributed by atoms with Crippen molar-refractivity contribution in [2.45, 2.75) is 63.8 Å². The maximum Gasteiger partial charge on any atom is 0.312 e. The van der Waals surface area contributed by atoms with E-state index in [1.54, 1.807) is 12.5 Å². The van der Waals surface area contributed by atoms with Crippen molar-refractivity contribution in [1.29, 1.82) is 0 Å². The van der Waals surface area contributed by atoms with E-state index in [1.165, 1.54) is 7.11 Å². The number of esters is 1. The number of rotatable bonds is 2. The lowest BCUT2D eigenvalue weighted by atomic mass is 9.42. The molecule has 6 rings (SSSR count). The van der Waals surface area contributed by atoms with E-state index in [4.69, 9.17) is 23.4 Å². The van der Waals surface area contributed by atoms with E-state index in [9.17, 15) is 4.79 Å². The smallest absolute Gasteiger partial charge is 0.312 e. The number of carbonyl (C=O) groups is 1. The van der Waals surface area contributed by atoms with E-state index in [0.29, 0.717) is 11.8 Å². The van der Waals surface area contributed by atoms with E-state index < -0.39 is 0 Å². The van der Waals surface area contributed by atoms with Crippen LogP contribution in [0, 0.1) is 28.6 Å². The Hall–Kier alpha value is -1.37. The van der Waals surface area contributed by atoms with Gasteiger partial charge < -0.3 is 23.4 Å². The number of fused-ring (bicyclic) bond motifs is 1. The Labute approximate surface area is 158 Å². The molecule has 3 saturated heterocycles. The summed E-state index contributed by atoms with van der Waals surface area (Å²) >= 11 is 0. The Bertz CT molecular complexity index is 761. The van der Waals surface area contributed by atoms with Crippen molar-refractivity contribution in [2.75, 3.05) is 7.11 Å². The molecule has 0 amide bonds. The fourth-order valence-electron chi connectivity index (χ4n) is 7.43. The quantitative estimate of drug-likeness (QED) is 0.739. The molecule has 9 atom stereocenters. The van der Waals surface area contributed by atoms with Crippen LogP contribution < -0.4 is 0 Å². The van der Waals surface area contributed by atoms with E-state index in [1.807, 2.05) is 6.07 Å². The molecular formula is C21H26O6. The number of hydrogen-bond donors (Lipinski definition) is 0. The molecule has 5 aliphatic rings. The van der Waals surface area contributed by atoms with Gasteiger partial charge in [0, 0.05) is 16.4 Å². The number of ether oxygens (including phenoxy) is 4. The number of methoxy groups -OCH3 is 1. The Morgan fingerprint density at radius 1 is 1.15 bits per heavy atom. The van der Waals surface area contributed by atoms with Crippen molar-refractivity contribution in [3.05, 3.63) is 24.2 Å². The molecule has 2 spiro atoms. The van der Waals surface area contributed by atoms with Crippen LogP contribution in [0.15, 0.2) is 23.0 Å². The maximum absolute atomic E-state index is 12.8. The van der Waals surface area contributed by atoms with Crippen LogP contribution in [-0.4, -0.2) is 31.8 Å². The number of carbonyl (C=O) groups excluding carboxylic acids is 1. The molecule has 146 valence electrons. The molecule has 1 aromatic heterocycles. The van der Waals surface area contributed by atoms with Crippen LogP contribution in [0.1, 0.15) is 50.7 Å². The van der Waals surface area contributed by atoms with Gasteiger partial charge in [-0.1, -0.05) is 6.92 Å². The molecular weight excluding hydrogens is 348 g/mol. The highest BCUT2D eigenvalue weighted by Gasteiger charge is 2.78. The highest BCUT2D eigenvalue weighted by molar-refractivity contribution is 5.75. The molecule has 2 saturated carbocycles. The largest absolute Gasteiger partial charge is 0.472 e. The van der Waals surface area contributed by atoms with Crippen LogP contribution in [0.5, 0.6) is 0 Å². The van der Waals surface area contributed by atoms with E-state index >= 15 is 0 Å². The van der Waals surface area contributed by atoms with Crippen LogP contribution in [0.4, 0.5) is 0 Å². The van der Waals surface area contributed by atoms with Gasteiger partial charge in [-0.25, -0.2) is 0 Å². The molecule has 1 aromatic rings. The van der Waals surface area contributed by atoms with E-state index in [2.05, 4.69) is 6.92 Å². The normalized spacial score (nSPS) is 52.4. The van der Waals surface area contributed by atoms with Gasteiger partial charge in [-0.05, 0) is 50.0 Å². The average Bonchev–Trinajstić information content (AvgIpc) is 3.36. The molecule has 5 fully saturated rings. The first-order chi connectivity index (χ1) is 13.1. The molecule has 6 nitrogen and oxygen atoms in total. The highest BCUT2D eigenvalue weighted by Crippen LogP contribution is 2.75. The van der Waals surface area contributed by atoms with Crippen molar-refractivity contribution < 1.29 is 28.2 Å². The predicted octanol–water partition coefficient (Wildman–Crippen LogP) is 3.42. The first-order valence-electron chi connectivity index (χ1n) is 10.2. The summed E-state index contributed by atoms with van der Waals surface area (Å²) in [5.74, 6) is 0.484. The summed E-state index contributed by atoms with van der Waals surface area (Å²) in [5.41, 5.74) is 0.716. The summed E-state index contributed by atoms with van der Waals surface area (Å²) in [6.45, 7) is 2.33. The molecule has 3 bridgehead atoms. The summed E-state index contributed by atoms with van der Waals surface area (Å²) < 4.78 is 29.8. The van der Waals surface area contributed by atoms with Gasteiger partial charge >= 0.3 is 5.97 Å². The minimum atomic E-state index is -0.368. The van der Waals surface area contributed by atoms with Crippen LogP contribution in [0.3, 0.4) is 0 Å². The third kappa shape index (κ3) is 1.80. The zero-order valence-electron chi connectivity index (χ0n) is 15.8. The molecule has 6 heteroatoms. The topological polar surface area (TPSA) is 67.1 Å². The standard InChI is InChI=1S/C21H26O6/c1-11-5-7-20-15-4-3-13(16(20)17(22)23-2)25-18(20)27-19-21(11,15)9-14(26-19)12-6-8-24-10-12/h6,8,10-11,13-16,18-19H,3-5,7,9H2,1-2H3/t11-,13-,14+,15+,16+,18+,19-,20+,21-/m1/s1. The van der Waals surface area contributed by atoms with E-state index in [-0.39, 0.29) is 47.5 Å². The lowest BCUT2D eigenvalue weighted by molar-refractivity contribution is -0.355. The zero-order chi connectivity index (χ0) is 18.4. The van der Waals surface area contributed by atoms with Crippen LogP contribution >= 0.6 is 0 Å². The Morgan fingerprint density at radius 2 is 2.00 bits per heavy atom. The van der Waals surface area contributed by atoms with E-state index in [0.717, 1.165) is 37.7 Å². The van der Waals surface area contributed by atoms with Gasteiger partial charge in [0.2, 0.25) is 0 Å².